The van der Waals surface area contributed by atoms with E-state index in [1.54, 1.807) is 19.2 Å². The Labute approximate surface area is 447 Å². The third-order valence-corrected chi connectivity index (χ3v) is 14.7. The average molecular weight is 1060 g/mol. The van der Waals surface area contributed by atoms with Crippen LogP contribution in [0.4, 0.5) is 17.1 Å². The van der Waals surface area contributed by atoms with Crippen molar-refractivity contribution in [2.24, 2.45) is 0 Å². The van der Waals surface area contributed by atoms with Gasteiger partial charge in [0, 0.05) is 57.5 Å². The Hall–Kier alpha value is -9.40. The first-order chi connectivity index (χ1) is 38.0. The molecule has 8 aromatic rings. The van der Waals surface area contributed by atoms with Crippen molar-refractivity contribution in [1.29, 1.82) is 0 Å². The lowest BCUT2D eigenvalue weighted by Crippen LogP contribution is -2.37. The first kappa shape index (κ1) is 52.1. The number of carbonyl (C=O) groups excluding carboxylic acids is 1. The van der Waals surface area contributed by atoms with E-state index in [1.807, 2.05) is 121 Å². The Morgan fingerprint density at radius 2 is 0.936 bits per heavy atom. The molecule has 0 aliphatic carbocycles. The molecular weight excluding hydrogens is 1010 g/mol. The van der Waals surface area contributed by atoms with Crippen molar-refractivity contribution >= 4 is 79.4 Å². The van der Waals surface area contributed by atoms with Gasteiger partial charge in [0.2, 0.25) is 0 Å². The quantitative estimate of drug-likeness (QED) is 0.0313. The number of sulfonamides is 1. The first-order valence-electron chi connectivity index (χ1n) is 24.7. The number of esters is 1. The van der Waals surface area contributed by atoms with Crippen molar-refractivity contribution in [3.05, 3.63) is 201 Å². The highest BCUT2D eigenvalue weighted by Crippen LogP contribution is 2.40. The summed E-state index contributed by atoms with van der Waals surface area (Å²) in [5, 5.41) is 24.0. The highest BCUT2D eigenvalue weighted by atomic mass is 32.2. The summed E-state index contributed by atoms with van der Waals surface area (Å²) in [6.07, 6.45) is 7.89. The molecule has 392 valence electrons. The van der Waals surface area contributed by atoms with Crippen LogP contribution in [0, 0.1) is 20.2 Å². The normalized spacial score (nSPS) is 11.9. The van der Waals surface area contributed by atoms with Crippen LogP contribution < -0.4 is 4.31 Å². The maximum absolute atomic E-state index is 14.7. The van der Waals surface area contributed by atoms with E-state index in [9.17, 15) is 33.4 Å². The lowest BCUT2D eigenvalue weighted by Gasteiger charge is -2.24. The van der Waals surface area contributed by atoms with Gasteiger partial charge in [0.25, 0.3) is 21.4 Å². The van der Waals surface area contributed by atoms with E-state index in [1.165, 1.54) is 12.1 Å². The van der Waals surface area contributed by atoms with Crippen LogP contribution in [0.3, 0.4) is 0 Å². The number of nitro groups is 2. The van der Waals surface area contributed by atoms with Gasteiger partial charge in [-0.15, -0.1) is 0 Å². The molecule has 10 rings (SSSR count). The van der Waals surface area contributed by atoms with Gasteiger partial charge in [-0.1, -0.05) is 103 Å². The van der Waals surface area contributed by atoms with Crippen LogP contribution in [0.15, 0.2) is 163 Å². The fourth-order valence-corrected chi connectivity index (χ4v) is 10.8. The van der Waals surface area contributed by atoms with Gasteiger partial charge < -0.3 is 28.9 Å². The fraction of sp³-hybridized carbons (Fsp3) is 0.136. The molecule has 5 aromatic carbocycles. The van der Waals surface area contributed by atoms with Crippen LogP contribution in [-0.4, -0.2) is 97.5 Å². The zero-order chi connectivity index (χ0) is 54.2. The molecule has 0 atom stereocenters. The number of carbonyl (C=O) groups is 1. The monoisotopic (exact) mass is 1060 g/mol. The maximum Gasteiger partial charge on any atom is 0.326 e. The van der Waals surface area contributed by atoms with Gasteiger partial charge in [-0.05, 0) is 89.0 Å². The number of benzene rings is 5. The standard InChI is InChI=1S/C59H49N7O11S/c1-74-31-32-75-33-34-76-35-36-77-55(67)38-64(78(72,73)54-30-21-44(65(68)69)37-53(54)66(70)71)43-19-17-42(18-20-43)59-51-28-26-49(62-51)57(40-13-7-3-8-14-40)47-24-22-45(60-47)56(39-11-5-2-6-12-39)46-23-25-48(61-46)58(41-15-9-4-10-16-41)50-27-29-52(59)63-50/h2-30,37,60,63H,31-36,38H2,1H3. The molecule has 2 aliphatic rings. The molecule has 78 heavy (non-hydrogen) atoms. The zero-order valence-corrected chi connectivity index (χ0v) is 42.7. The zero-order valence-electron chi connectivity index (χ0n) is 41.9. The van der Waals surface area contributed by atoms with Gasteiger partial charge in [0.1, 0.15) is 13.2 Å². The molecule has 3 aromatic heterocycles. The number of methoxy groups -OCH3 is 1. The summed E-state index contributed by atoms with van der Waals surface area (Å²) in [6, 6.07) is 46.4. The van der Waals surface area contributed by atoms with Crippen LogP contribution >= 0.6 is 0 Å². The molecule has 0 amide bonds. The van der Waals surface area contributed by atoms with Crippen LogP contribution in [0.2, 0.25) is 0 Å². The van der Waals surface area contributed by atoms with Gasteiger partial charge in [-0.2, -0.15) is 0 Å². The summed E-state index contributed by atoms with van der Waals surface area (Å²) in [6.45, 7) is 0.00997. The van der Waals surface area contributed by atoms with Crippen molar-refractivity contribution in [2.45, 2.75) is 4.90 Å². The number of non-ortho nitro benzene ring substituents is 1. The Balaban J connectivity index is 1.14. The topological polar surface area (TPSA) is 235 Å². The minimum atomic E-state index is -5.01. The number of aromatic nitrogens is 4. The van der Waals surface area contributed by atoms with Gasteiger partial charge in [-0.25, -0.2) is 18.4 Å². The van der Waals surface area contributed by atoms with Gasteiger partial charge >= 0.3 is 5.97 Å². The second-order valence-corrected chi connectivity index (χ2v) is 19.6. The largest absolute Gasteiger partial charge is 0.462 e. The molecule has 2 aliphatic heterocycles. The van der Waals surface area contributed by atoms with Crippen molar-refractivity contribution in [1.82, 2.24) is 19.9 Å². The SMILES string of the molecule is COCCOCCOCCOC(=O)CN(c1ccc(-c2c3nc(c(-c4ccccc4)c4ccc([nH]4)c(-c4ccccc4)c4nc(c(-c5ccccc5)c5ccc2[nH]5)C=C4)C=C3)cc1)S(=O)(=O)c1ccc([N+](=O)[O-])cc1[N+](=O)[O-]. The van der Waals surface area contributed by atoms with Crippen LogP contribution in [0.5, 0.6) is 0 Å². The maximum atomic E-state index is 14.7. The molecule has 5 heterocycles. The number of H-pyrrole nitrogens is 2. The second-order valence-electron chi connectivity index (χ2n) is 17.8. The summed E-state index contributed by atoms with van der Waals surface area (Å²) in [4.78, 5) is 52.8. The molecule has 0 radical (unpaired) electrons. The predicted octanol–water partition coefficient (Wildman–Crippen LogP) is 11.6. The predicted molar refractivity (Wildman–Crippen MR) is 299 cm³/mol. The van der Waals surface area contributed by atoms with Crippen molar-refractivity contribution in [3.63, 3.8) is 0 Å². The van der Waals surface area contributed by atoms with Crippen LogP contribution in [-0.2, 0) is 33.8 Å². The molecule has 0 spiro atoms. The number of nitro benzene ring substituents is 2. The number of rotatable bonds is 20. The van der Waals surface area contributed by atoms with E-state index >= 15 is 0 Å². The average Bonchev–Trinajstić information content (AvgIpc) is 4.45. The Morgan fingerprint density at radius 1 is 0.526 bits per heavy atom. The van der Waals surface area contributed by atoms with E-state index in [0.717, 1.165) is 73.5 Å². The highest BCUT2D eigenvalue weighted by molar-refractivity contribution is 7.93. The molecule has 0 saturated carbocycles. The lowest BCUT2D eigenvalue weighted by molar-refractivity contribution is -0.396. The molecule has 8 bridgehead atoms. The number of aromatic amines is 2. The van der Waals surface area contributed by atoms with Crippen molar-refractivity contribution < 1.29 is 42.0 Å². The summed E-state index contributed by atoms with van der Waals surface area (Å²) in [5.74, 6) is -1.00. The lowest BCUT2D eigenvalue weighted by atomic mass is 10.0. The Bertz CT molecular complexity index is 3870. The van der Waals surface area contributed by atoms with Crippen LogP contribution in [0.1, 0.15) is 22.8 Å². The third-order valence-electron chi connectivity index (χ3n) is 12.9. The summed E-state index contributed by atoms with van der Waals surface area (Å²) < 4.78 is 51.3. The Morgan fingerprint density at radius 3 is 1.35 bits per heavy atom. The van der Waals surface area contributed by atoms with Crippen molar-refractivity contribution in [2.75, 3.05) is 57.6 Å². The number of fused-ring (bicyclic) bond motifs is 8. The molecule has 18 nitrogen and oxygen atoms in total. The fourth-order valence-electron chi connectivity index (χ4n) is 9.28. The van der Waals surface area contributed by atoms with Gasteiger partial charge in [0.05, 0.1) is 77.4 Å². The minimum Gasteiger partial charge on any atom is -0.462 e. The number of nitrogens with zero attached hydrogens (tertiary/aromatic N) is 5. The van der Waals surface area contributed by atoms with E-state index in [4.69, 9.17) is 28.9 Å². The van der Waals surface area contributed by atoms with E-state index in [0.29, 0.717) is 51.6 Å². The number of hydrogen-bond donors (Lipinski definition) is 2. The number of ether oxygens (including phenoxy) is 4. The van der Waals surface area contributed by atoms with Gasteiger partial charge in [0.15, 0.2) is 4.90 Å². The number of nitrogens with one attached hydrogen (secondary N) is 2. The molecule has 2 N–H and O–H groups in total. The van der Waals surface area contributed by atoms with E-state index in [2.05, 4.69) is 28.2 Å². The summed E-state index contributed by atoms with van der Waals surface area (Å²) >= 11 is 0. The molecule has 19 heteroatoms. The van der Waals surface area contributed by atoms with Gasteiger partial charge in [-0.3, -0.25) is 29.3 Å². The molecule has 0 fully saturated rings. The molecule has 0 saturated heterocycles. The van der Waals surface area contributed by atoms with Crippen molar-refractivity contribution in [3.8, 4) is 44.5 Å². The number of hydrogen-bond acceptors (Lipinski definition) is 13. The molecular formula is C59H49N7O11S. The first-order valence-corrected chi connectivity index (χ1v) is 26.1. The Kier molecular flexibility index (Phi) is 15.5. The smallest absolute Gasteiger partial charge is 0.326 e. The third kappa shape index (κ3) is 11.1. The summed E-state index contributed by atoms with van der Waals surface area (Å²) in [5.41, 5.74) is 10.5. The molecule has 0 unspecified atom stereocenters. The highest BCUT2D eigenvalue weighted by Gasteiger charge is 2.35. The number of anilines is 1. The summed E-state index contributed by atoms with van der Waals surface area (Å²) in [7, 11) is -3.46. The van der Waals surface area contributed by atoms with Crippen LogP contribution in [0.25, 0.3) is 90.9 Å². The second kappa shape index (κ2) is 23.2. The minimum absolute atomic E-state index is 0.0372. The van der Waals surface area contributed by atoms with E-state index in [-0.39, 0.29) is 32.1 Å². The van der Waals surface area contributed by atoms with E-state index < -0.39 is 48.7 Å².